The molecule has 0 saturated carbocycles. The van der Waals surface area contributed by atoms with E-state index >= 15 is 0 Å². The van der Waals surface area contributed by atoms with Crippen LogP contribution in [-0.4, -0.2) is 34.2 Å². The Kier molecular flexibility index (Phi) is 7.20. The summed E-state index contributed by atoms with van der Waals surface area (Å²) in [5.74, 6) is 0.664. The smallest absolute Gasteiger partial charge is 0.302 e. The number of ether oxygens (including phenoxy) is 1. The van der Waals surface area contributed by atoms with Gasteiger partial charge in [-0.2, -0.15) is 0 Å². The third kappa shape index (κ3) is 5.35. The highest BCUT2D eigenvalue weighted by molar-refractivity contribution is 6.19. The van der Waals surface area contributed by atoms with Crippen LogP contribution in [0.15, 0.2) is 41.7 Å². The number of amidine groups is 1. The van der Waals surface area contributed by atoms with E-state index in [-0.39, 0.29) is 24.4 Å². The largest absolute Gasteiger partial charge is 0.461 e. The number of hydrogen-bond acceptors (Lipinski definition) is 7. The van der Waals surface area contributed by atoms with Crippen molar-refractivity contribution in [3.63, 3.8) is 0 Å². The fourth-order valence-corrected chi connectivity index (χ4v) is 2.30. The number of nitrogens with one attached hydrogen (secondary N) is 1. The van der Waals surface area contributed by atoms with Crippen molar-refractivity contribution in [3.8, 4) is 0 Å². The molecule has 1 atom stereocenters. The second kappa shape index (κ2) is 9.59. The van der Waals surface area contributed by atoms with Crippen LogP contribution in [0, 0.1) is 11.3 Å². The zero-order valence-corrected chi connectivity index (χ0v) is 16.6. The van der Waals surface area contributed by atoms with E-state index in [0.29, 0.717) is 23.1 Å². The van der Waals surface area contributed by atoms with Gasteiger partial charge in [-0.3, -0.25) is 20.1 Å². The van der Waals surface area contributed by atoms with E-state index in [9.17, 15) is 4.79 Å². The molecule has 28 heavy (non-hydrogen) atoms. The number of nitrogen functional groups attached to an aromatic ring is 1. The molecule has 0 amide bonds. The molecule has 0 radical (unpaired) electrons. The van der Waals surface area contributed by atoms with Crippen molar-refractivity contribution in [1.82, 2.24) is 9.97 Å². The van der Waals surface area contributed by atoms with Gasteiger partial charge in [-0.25, -0.2) is 9.97 Å². The van der Waals surface area contributed by atoms with E-state index in [1.807, 2.05) is 31.2 Å². The molecule has 1 aromatic carbocycles. The van der Waals surface area contributed by atoms with Gasteiger partial charge in [-0.1, -0.05) is 26.0 Å². The summed E-state index contributed by atoms with van der Waals surface area (Å²) in [7, 11) is 0. The number of anilines is 2. The molecule has 0 aliphatic carbocycles. The third-order valence-corrected chi connectivity index (χ3v) is 4.24. The van der Waals surface area contributed by atoms with Gasteiger partial charge in [-0.05, 0) is 30.5 Å². The van der Waals surface area contributed by atoms with Crippen LogP contribution in [0.1, 0.15) is 39.0 Å². The minimum absolute atomic E-state index is 0.0119. The molecule has 148 valence electrons. The predicted molar refractivity (Wildman–Crippen MR) is 110 cm³/mol. The lowest BCUT2D eigenvalue weighted by Gasteiger charge is -2.24. The predicted octanol–water partition coefficient (Wildman–Crippen LogP) is 3.03. The molecule has 3 N–H and O–H groups in total. The molecule has 0 unspecified atom stereocenters. The maximum Gasteiger partial charge on any atom is 0.302 e. The van der Waals surface area contributed by atoms with Gasteiger partial charge in [0.1, 0.15) is 12.3 Å². The van der Waals surface area contributed by atoms with Gasteiger partial charge in [0.15, 0.2) is 11.7 Å². The second-order valence-corrected chi connectivity index (χ2v) is 6.67. The highest BCUT2D eigenvalue weighted by atomic mass is 16.5. The number of esters is 1. The number of hydrogen-bond donors (Lipinski definition) is 2. The Morgan fingerprint density at radius 1 is 1.25 bits per heavy atom. The first-order chi connectivity index (χ1) is 13.3. The second-order valence-electron chi connectivity index (χ2n) is 6.67. The summed E-state index contributed by atoms with van der Waals surface area (Å²) in [6.07, 6.45) is 4.23. The normalized spacial score (nSPS) is 12.5. The van der Waals surface area contributed by atoms with Gasteiger partial charge < -0.3 is 10.5 Å². The summed E-state index contributed by atoms with van der Waals surface area (Å²) in [6, 6.07) is 7.30. The van der Waals surface area contributed by atoms with Crippen LogP contribution in [0.5, 0.6) is 0 Å². The number of rotatable bonds is 7. The van der Waals surface area contributed by atoms with Crippen molar-refractivity contribution in [2.24, 2.45) is 10.9 Å². The number of benzene rings is 1. The topological polar surface area (TPSA) is 118 Å². The van der Waals surface area contributed by atoms with Crippen molar-refractivity contribution >= 4 is 29.6 Å². The lowest BCUT2D eigenvalue weighted by Crippen LogP contribution is -2.33. The fraction of sp³-hybridized carbons (Fsp3) is 0.350. The summed E-state index contributed by atoms with van der Waals surface area (Å²) in [5, 5.41) is 7.95. The van der Waals surface area contributed by atoms with Gasteiger partial charge in [-0.15, -0.1) is 0 Å². The molecular weight excluding hydrogens is 356 g/mol. The van der Waals surface area contributed by atoms with E-state index in [2.05, 4.69) is 23.8 Å². The monoisotopic (exact) mass is 382 g/mol. The minimum Gasteiger partial charge on any atom is -0.461 e. The van der Waals surface area contributed by atoms with E-state index in [1.54, 1.807) is 11.1 Å². The molecule has 1 aromatic heterocycles. The van der Waals surface area contributed by atoms with Crippen LogP contribution >= 0.6 is 0 Å². The average Bonchev–Trinajstić information content (AvgIpc) is 2.67. The summed E-state index contributed by atoms with van der Waals surface area (Å²) in [5.41, 5.74) is 8.00. The lowest BCUT2D eigenvalue weighted by molar-refractivity contribution is -0.142. The van der Waals surface area contributed by atoms with Crippen molar-refractivity contribution in [2.45, 2.75) is 40.3 Å². The first-order valence-electron chi connectivity index (χ1n) is 9.00. The third-order valence-electron chi connectivity index (χ3n) is 4.24. The van der Waals surface area contributed by atoms with Crippen molar-refractivity contribution in [2.75, 3.05) is 10.6 Å². The van der Waals surface area contributed by atoms with E-state index in [4.69, 9.17) is 20.9 Å². The highest BCUT2D eigenvalue weighted by Crippen LogP contribution is 2.20. The number of aliphatic imine (C=N–C) groups is 1. The van der Waals surface area contributed by atoms with Crippen LogP contribution in [-0.2, 0) is 16.1 Å². The van der Waals surface area contributed by atoms with E-state index in [1.165, 1.54) is 19.5 Å². The Bertz CT molecular complexity index is 848. The Morgan fingerprint density at radius 3 is 2.43 bits per heavy atom. The van der Waals surface area contributed by atoms with Gasteiger partial charge in [0, 0.05) is 25.0 Å². The Balaban J connectivity index is 2.43. The molecule has 8 heteroatoms. The SMILES string of the molecule is CC(=O)OCc1ccc(N(C=N)C(=N[C@@H](C)C(C)C)c2nccnc2N)cc1. The molecule has 0 aliphatic rings. The average molecular weight is 382 g/mol. The standard InChI is InChI=1S/C20H26N6O2/c1-13(2)14(3)25-20(18-19(22)24-10-9-23-18)26(12-21)17-7-5-16(6-8-17)11-28-15(4)27/h5-10,12-14,21H,11H2,1-4H3,(H2,22,24)/t14-/m0/s1. The van der Waals surface area contributed by atoms with Crippen LogP contribution < -0.4 is 10.6 Å². The minimum atomic E-state index is -0.333. The lowest BCUT2D eigenvalue weighted by atomic mass is 10.1. The molecule has 0 bridgehead atoms. The summed E-state index contributed by atoms with van der Waals surface area (Å²) in [4.78, 5) is 25.8. The number of nitrogens with zero attached hydrogens (tertiary/aromatic N) is 4. The van der Waals surface area contributed by atoms with Crippen LogP contribution in [0.3, 0.4) is 0 Å². The number of aromatic nitrogens is 2. The van der Waals surface area contributed by atoms with Crippen LogP contribution in [0.25, 0.3) is 0 Å². The fourth-order valence-electron chi connectivity index (χ4n) is 2.30. The van der Waals surface area contributed by atoms with Crippen molar-refractivity contribution in [3.05, 3.63) is 47.9 Å². The summed E-state index contributed by atoms with van der Waals surface area (Å²) >= 11 is 0. The molecule has 0 spiro atoms. The molecule has 2 rings (SSSR count). The Hall–Kier alpha value is -3.29. The maximum absolute atomic E-state index is 11.0. The molecule has 0 aliphatic heterocycles. The first-order valence-corrected chi connectivity index (χ1v) is 9.00. The molecule has 2 aromatic rings. The highest BCUT2D eigenvalue weighted by Gasteiger charge is 2.20. The van der Waals surface area contributed by atoms with E-state index in [0.717, 1.165) is 5.56 Å². The van der Waals surface area contributed by atoms with Crippen LogP contribution in [0.2, 0.25) is 0 Å². The quantitative estimate of drug-likeness (QED) is 0.432. The summed E-state index contributed by atoms with van der Waals surface area (Å²) in [6.45, 7) is 7.72. The van der Waals surface area contributed by atoms with Gasteiger partial charge >= 0.3 is 5.97 Å². The zero-order valence-electron chi connectivity index (χ0n) is 16.6. The molecule has 0 fully saturated rings. The maximum atomic E-state index is 11.0. The molecular formula is C20H26N6O2. The number of carbonyl (C=O) groups is 1. The number of carbonyl (C=O) groups excluding carboxylic acids is 1. The van der Waals surface area contributed by atoms with Crippen molar-refractivity contribution < 1.29 is 9.53 Å². The van der Waals surface area contributed by atoms with Crippen LogP contribution in [0.4, 0.5) is 11.5 Å². The zero-order chi connectivity index (χ0) is 20.7. The Labute approximate surface area is 165 Å². The first kappa shape index (κ1) is 21.0. The van der Waals surface area contributed by atoms with E-state index < -0.39 is 0 Å². The number of nitrogens with two attached hydrogens (primary N) is 1. The van der Waals surface area contributed by atoms with Gasteiger partial charge in [0.25, 0.3) is 0 Å². The van der Waals surface area contributed by atoms with Gasteiger partial charge in [0.2, 0.25) is 0 Å². The molecule has 8 nitrogen and oxygen atoms in total. The molecule has 0 saturated heterocycles. The molecule has 1 heterocycles. The summed E-state index contributed by atoms with van der Waals surface area (Å²) < 4.78 is 5.01. The van der Waals surface area contributed by atoms with Gasteiger partial charge in [0.05, 0.1) is 12.4 Å². The Morgan fingerprint density at radius 2 is 1.89 bits per heavy atom. The van der Waals surface area contributed by atoms with Crippen molar-refractivity contribution in [1.29, 1.82) is 5.41 Å².